The molecular formula is C18H25F2N3. The Hall–Kier alpha value is -1.91. The molecule has 1 N–H and O–H groups in total. The third-order valence-electron chi connectivity index (χ3n) is 4.28. The smallest absolute Gasteiger partial charge is 0.276 e. The summed E-state index contributed by atoms with van der Waals surface area (Å²) in [4.78, 5) is 9.53. The summed E-state index contributed by atoms with van der Waals surface area (Å²) in [5.74, 6) is -0.256. The maximum Gasteiger partial charge on any atom is 0.276 e. The molecule has 1 atom stereocenters. The van der Waals surface area contributed by atoms with E-state index in [1.807, 2.05) is 25.1 Å². The number of aliphatic imine (C=N–C) groups is 1. The Balaban J connectivity index is 2.36. The van der Waals surface area contributed by atoms with Crippen molar-refractivity contribution in [3.05, 3.63) is 42.4 Å². The van der Waals surface area contributed by atoms with Crippen LogP contribution >= 0.6 is 0 Å². The molecule has 1 aliphatic heterocycles. The van der Waals surface area contributed by atoms with Crippen molar-refractivity contribution in [3.8, 4) is 0 Å². The first kappa shape index (κ1) is 17.4. The maximum atomic E-state index is 13.4. The van der Waals surface area contributed by atoms with E-state index in [0.717, 1.165) is 37.3 Å². The molecule has 1 aromatic heterocycles. The fourth-order valence-electron chi connectivity index (χ4n) is 2.64. The summed E-state index contributed by atoms with van der Waals surface area (Å²) in [7, 11) is 0. The van der Waals surface area contributed by atoms with E-state index in [1.54, 1.807) is 13.1 Å². The van der Waals surface area contributed by atoms with Gasteiger partial charge in [0.05, 0.1) is 17.1 Å². The number of aromatic nitrogens is 1. The minimum Gasteiger partial charge on any atom is -0.372 e. The maximum absolute atomic E-state index is 13.4. The van der Waals surface area contributed by atoms with Gasteiger partial charge in [-0.05, 0) is 43.4 Å². The zero-order chi connectivity index (χ0) is 16.8. The number of H-pyrrole nitrogens is 1. The zero-order valence-corrected chi connectivity index (χ0v) is 13.9. The predicted molar refractivity (Wildman–Crippen MR) is 91.6 cm³/mol. The molecular weight excluding hydrogens is 296 g/mol. The van der Waals surface area contributed by atoms with Crippen LogP contribution in [0.3, 0.4) is 0 Å². The second-order valence-corrected chi connectivity index (χ2v) is 5.95. The van der Waals surface area contributed by atoms with E-state index in [1.165, 1.54) is 0 Å². The average molecular weight is 321 g/mol. The zero-order valence-electron chi connectivity index (χ0n) is 13.9. The number of hydrogen-bond donors (Lipinski definition) is 1. The highest BCUT2D eigenvalue weighted by Crippen LogP contribution is 2.23. The van der Waals surface area contributed by atoms with Crippen molar-refractivity contribution < 1.29 is 8.78 Å². The number of nitrogens with one attached hydrogen (secondary N) is 1. The van der Waals surface area contributed by atoms with Crippen molar-refractivity contribution in [3.63, 3.8) is 0 Å². The van der Waals surface area contributed by atoms with E-state index in [9.17, 15) is 8.78 Å². The molecule has 1 unspecified atom stereocenters. The molecule has 1 aromatic rings. The van der Waals surface area contributed by atoms with Crippen molar-refractivity contribution in [2.75, 3.05) is 13.1 Å². The Morgan fingerprint density at radius 3 is 2.65 bits per heavy atom. The SMILES string of the molecule is C=C(/C=C(\N=C(C(F)F)C(C)CC)c1ccc[nH]1)N1CCCC1. The normalized spacial score (nSPS) is 17.9. The number of nitrogens with zero attached hydrogens (tertiary/aromatic N) is 2. The summed E-state index contributed by atoms with van der Waals surface area (Å²) in [6.07, 6.45) is 3.94. The summed E-state index contributed by atoms with van der Waals surface area (Å²) in [5, 5.41) is 0. The van der Waals surface area contributed by atoms with E-state index >= 15 is 0 Å². The van der Waals surface area contributed by atoms with E-state index in [0.29, 0.717) is 12.1 Å². The van der Waals surface area contributed by atoms with Crippen LogP contribution in [0.2, 0.25) is 0 Å². The number of rotatable bonds is 7. The Kier molecular flexibility index (Phi) is 6.13. The molecule has 0 saturated carbocycles. The van der Waals surface area contributed by atoms with Gasteiger partial charge >= 0.3 is 0 Å². The van der Waals surface area contributed by atoms with Crippen LogP contribution in [0.4, 0.5) is 8.78 Å². The van der Waals surface area contributed by atoms with Gasteiger partial charge in [0, 0.05) is 25.0 Å². The van der Waals surface area contributed by atoms with Crippen molar-refractivity contribution in [2.24, 2.45) is 10.9 Å². The van der Waals surface area contributed by atoms with Gasteiger partial charge in [-0.1, -0.05) is 20.4 Å². The first-order valence-corrected chi connectivity index (χ1v) is 8.18. The van der Waals surface area contributed by atoms with Gasteiger partial charge in [-0.3, -0.25) is 0 Å². The lowest BCUT2D eigenvalue weighted by Crippen LogP contribution is -2.20. The summed E-state index contributed by atoms with van der Waals surface area (Å²) >= 11 is 0. The van der Waals surface area contributed by atoms with Crippen molar-refractivity contribution in [1.82, 2.24) is 9.88 Å². The van der Waals surface area contributed by atoms with Crippen molar-refractivity contribution in [1.29, 1.82) is 0 Å². The van der Waals surface area contributed by atoms with Crippen LogP contribution in [-0.4, -0.2) is 35.1 Å². The highest BCUT2D eigenvalue weighted by molar-refractivity contribution is 5.93. The van der Waals surface area contributed by atoms with E-state index < -0.39 is 6.43 Å². The van der Waals surface area contributed by atoms with Gasteiger partial charge in [0.25, 0.3) is 6.43 Å². The fourth-order valence-corrected chi connectivity index (χ4v) is 2.64. The minimum atomic E-state index is -2.55. The van der Waals surface area contributed by atoms with E-state index in [4.69, 9.17) is 0 Å². The number of halogens is 2. The standard InChI is InChI=1S/C18H25F2N3/c1-4-13(2)17(18(19)20)22-16(15-8-7-9-21-15)12-14(3)23-10-5-6-11-23/h7-9,12-13,18,21H,3-6,10-11H2,1-2H3/b16-12-,22-17?. The molecule has 0 aromatic carbocycles. The molecule has 0 spiro atoms. The molecule has 3 nitrogen and oxygen atoms in total. The second-order valence-electron chi connectivity index (χ2n) is 5.95. The molecule has 0 amide bonds. The van der Waals surface area contributed by atoms with Gasteiger partial charge in [-0.2, -0.15) is 0 Å². The molecule has 2 heterocycles. The number of likely N-dealkylation sites (tertiary alicyclic amines) is 1. The molecule has 1 fully saturated rings. The first-order chi connectivity index (χ1) is 11.0. The van der Waals surface area contributed by atoms with Crippen LogP contribution in [0.15, 0.2) is 41.7 Å². The van der Waals surface area contributed by atoms with E-state index in [2.05, 4.69) is 21.5 Å². The van der Waals surface area contributed by atoms with Gasteiger partial charge in [-0.25, -0.2) is 13.8 Å². The second kappa shape index (κ2) is 8.09. The lowest BCUT2D eigenvalue weighted by molar-refractivity contribution is 0.218. The Bertz CT molecular complexity index is 567. The first-order valence-electron chi connectivity index (χ1n) is 8.18. The Labute approximate surface area is 136 Å². The van der Waals surface area contributed by atoms with Crippen LogP contribution in [0.1, 0.15) is 38.8 Å². The topological polar surface area (TPSA) is 31.4 Å². The van der Waals surface area contributed by atoms with Crippen molar-refractivity contribution >= 4 is 11.4 Å². The largest absolute Gasteiger partial charge is 0.372 e. The highest BCUT2D eigenvalue weighted by atomic mass is 19.3. The number of allylic oxidation sites excluding steroid dienone is 1. The molecule has 0 radical (unpaired) electrons. The Morgan fingerprint density at radius 2 is 2.13 bits per heavy atom. The highest BCUT2D eigenvalue weighted by Gasteiger charge is 2.21. The van der Waals surface area contributed by atoms with Gasteiger partial charge in [0.2, 0.25) is 0 Å². The molecule has 1 saturated heterocycles. The van der Waals surface area contributed by atoms with Crippen LogP contribution < -0.4 is 0 Å². The van der Waals surface area contributed by atoms with Gasteiger partial charge in [0.1, 0.15) is 0 Å². The van der Waals surface area contributed by atoms with Gasteiger partial charge in [0.15, 0.2) is 0 Å². The quantitative estimate of drug-likeness (QED) is 0.572. The van der Waals surface area contributed by atoms with E-state index in [-0.39, 0.29) is 11.6 Å². The monoisotopic (exact) mass is 321 g/mol. The van der Waals surface area contributed by atoms with Crippen LogP contribution in [0.25, 0.3) is 5.70 Å². The van der Waals surface area contributed by atoms with Crippen LogP contribution in [0, 0.1) is 5.92 Å². The summed E-state index contributed by atoms with van der Waals surface area (Å²) in [5.41, 5.74) is 2.01. The minimum absolute atomic E-state index is 0.0671. The van der Waals surface area contributed by atoms with Crippen LogP contribution in [0.5, 0.6) is 0 Å². The van der Waals surface area contributed by atoms with Crippen LogP contribution in [-0.2, 0) is 0 Å². The lowest BCUT2D eigenvalue weighted by Gasteiger charge is -2.18. The number of hydrogen-bond acceptors (Lipinski definition) is 2. The molecule has 126 valence electrons. The third kappa shape index (κ3) is 4.53. The number of aromatic amines is 1. The van der Waals surface area contributed by atoms with Gasteiger partial charge < -0.3 is 9.88 Å². The molecule has 0 bridgehead atoms. The summed E-state index contributed by atoms with van der Waals surface area (Å²) < 4.78 is 26.8. The summed E-state index contributed by atoms with van der Waals surface area (Å²) in [6, 6.07) is 3.68. The molecule has 2 rings (SSSR count). The number of alkyl halides is 2. The molecule has 0 aliphatic carbocycles. The third-order valence-corrected chi connectivity index (χ3v) is 4.28. The van der Waals surface area contributed by atoms with Gasteiger partial charge in [-0.15, -0.1) is 0 Å². The lowest BCUT2D eigenvalue weighted by atomic mass is 10.0. The molecule has 23 heavy (non-hydrogen) atoms. The fraction of sp³-hybridized carbons (Fsp3) is 0.500. The molecule has 1 aliphatic rings. The predicted octanol–water partition coefficient (Wildman–Crippen LogP) is 4.72. The summed E-state index contributed by atoms with van der Waals surface area (Å²) in [6.45, 7) is 9.68. The Morgan fingerprint density at radius 1 is 1.43 bits per heavy atom. The van der Waals surface area contributed by atoms with Crippen molar-refractivity contribution in [2.45, 2.75) is 39.5 Å². The molecule has 5 heteroatoms. The average Bonchev–Trinajstić information content (AvgIpc) is 3.23.